The van der Waals surface area contributed by atoms with E-state index in [-0.39, 0.29) is 58.0 Å². The molecule has 3 aliphatic rings. The van der Waals surface area contributed by atoms with Crippen molar-refractivity contribution in [2.24, 2.45) is 5.41 Å². The maximum Gasteiger partial charge on any atom is 0.490 e. The molecular weight excluding hydrogens is 1250 g/mol. The number of hydrogen-bond acceptors (Lipinski definition) is 19. The molecule has 3 aliphatic heterocycles. The number of H-pyrrole nitrogens is 1. The van der Waals surface area contributed by atoms with Crippen LogP contribution in [0.15, 0.2) is 93.1 Å². The van der Waals surface area contributed by atoms with Crippen LogP contribution in [0.2, 0.25) is 0 Å². The maximum absolute atomic E-state index is 13.1. The summed E-state index contributed by atoms with van der Waals surface area (Å²) in [7, 11) is -20.5. The number of carbonyl (C=O) groups is 1. The Bertz CT molecular complexity index is 3970. The Morgan fingerprint density at radius 3 is 2.35 bits per heavy atom. The number of aliphatic hydroxyl groups is 1. The SMILES string of the molecule is CCN1C(=CC=CC2=[N+](CCCCCC(=O)NCC#Cc3cc([N+](=O)[O-])c([C@@H](OCc4cn([C@H]5C[C@@H](O)[C@@H](COP(=O)(O)OP(=O)(O)OP(=O)(O)O)O5)c(=O)[nH]c4=O)C(C)(C)C)cc3OC)c3ccc(S(=O)(=O)[O-])cc3C2(C)C)C(C)(C)c2cc(C)ccc21. The van der Waals surface area contributed by atoms with Crippen LogP contribution in [0.3, 0.4) is 0 Å². The number of aromatic nitrogens is 2. The lowest BCUT2D eigenvalue weighted by atomic mass is 9.81. The lowest BCUT2D eigenvalue weighted by Gasteiger charge is -2.31. The van der Waals surface area contributed by atoms with Crippen LogP contribution in [0.4, 0.5) is 17.1 Å². The number of methoxy groups -OCH3 is 1. The zero-order valence-corrected chi connectivity index (χ0v) is 54.0. The zero-order valence-electron chi connectivity index (χ0n) is 50.5. The third-order valence-corrected chi connectivity index (χ3v) is 19.9. The van der Waals surface area contributed by atoms with Crippen LogP contribution >= 0.6 is 23.5 Å². The predicted molar refractivity (Wildman–Crippen MR) is 322 cm³/mol. The van der Waals surface area contributed by atoms with E-state index in [4.69, 9.17) is 24.0 Å². The summed E-state index contributed by atoms with van der Waals surface area (Å²) in [5.74, 6) is 5.49. The molecule has 0 aliphatic carbocycles. The smallest absolute Gasteiger partial charge is 0.490 e. The van der Waals surface area contributed by atoms with Gasteiger partial charge in [0.2, 0.25) is 11.6 Å². The second-order valence-electron chi connectivity index (χ2n) is 23.6. The predicted octanol–water partition coefficient (Wildman–Crippen LogP) is 7.32. The molecule has 0 saturated carbocycles. The Hall–Kier alpha value is -6.28. The summed E-state index contributed by atoms with van der Waals surface area (Å²) in [6.07, 6.45) is 3.29. The van der Waals surface area contributed by atoms with Crippen LogP contribution in [0.5, 0.6) is 5.75 Å². The van der Waals surface area contributed by atoms with E-state index in [2.05, 4.69) is 96.7 Å². The highest BCUT2D eigenvalue weighted by atomic mass is 32.2. The van der Waals surface area contributed by atoms with Crippen LogP contribution in [-0.4, -0.2) is 114 Å². The summed E-state index contributed by atoms with van der Waals surface area (Å²) in [5, 5.41) is 26.1. The van der Waals surface area contributed by atoms with E-state index in [1.165, 1.54) is 42.5 Å². The highest BCUT2D eigenvalue weighted by molar-refractivity contribution is 7.85. The summed E-state index contributed by atoms with van der Waals surface area (Å²) in [4.78, 5) is 92.2. The number of nitrogens with one attached hydrogen (secondary N) is 2. The number of likely N-dealkylation sites (N-methyl/N-ethyl adjacent to an activating group) is 1. The minimum atomic E-state index is -5.85. The molecular formula is C57H73N6O22P3S. The lowest BCUT2D eigenvalue weighted by Crippen LogP contribution is -2.35. The molecule has 7 rings (SSSR count). The summed E-state index contributed by atoms with van der Waals surface area (Å²) in [6.45, 7) is 17.3. The first kappa shape index (κ1) is 70.2. The number of amides is 1. The number of aryl methyl sites for hydroxylation is 1. The number of nitrogens with zero attached hydrogens (tertiary/aromatic N) is 4. The molecule has 6 atom stereocenters. The molecule has 32 heteroatoms. The summed E-state index contributed by atoms with van der Waals surface area (Å²) < 4.78 is 104. The zero-order chi connectivity index (χ0) is 66.0. The Kier molecular flexibility index (Phi) is 21.5. The van der Waals surface area contributed by atoms with Gasteiger partial charge in [0.15, 0.2) is 5.71 Å². The Morgan fingerprint density at radius 1 is 1.00 bits per heavy atom. The number of ether oxygens (including phenoxy) is 3. The molecule has 0 bridgehead atoms. The van der Waals surface area contributed by atoms with Crippen molar-refractivity contribution in [1.29, 1.82) is 0 Å². The number of carbonyl (C=O) groups excluding carboxylic acids is 1. The van der Waals surface area contributed by atoms with Crippen LogP contribution in [0, 0.1) is 34.3 Å². The molecule has 0 radical (unpaired) electrons. The number of aromatic amines is 1. The minimum absolute atomic E-state index is 0.0299. The van der Waals surface area contributed by atoms with Crippen molar-refractivity contribution in [3.8, 4) is 17.6 Å². The highest BCUT2D eigenvalue weighted by Crippen LogP contribution is 2.66. The fraction of sp³-hybridized carbons (Fsp3) is 0.474. The van der Waals surface area contributed by atoms with Crippen molar-refractivity contribution >= 4 is 62.3 Å². The molecule has 28 nitrogen and oxygen atoms in total. The number of aliphatic hydroxyl groups excluding tert-OH is 1. The van der Waals surface area contributed by atoms with Crippen LogP contribution < -0.4 is 26.2 Å². The van der Waals surface area contributed by atoms with Gasteiger partial charge in [0, 0.05) is 72.6 Å². The maximum atomic E-state index is 13.1. The molecule has 4 aromatic rings. The van der Waals surface area contributed by atoms with Gasteiger partial charge in [-0.2, -0.15) is 13.2 Å². The summed E-state index contributed by atoms with van der Waals surface area (Å²) >= 11 is 0. The number of nitro groups is 1. The van der Waals surface area contributed by atoms with Gasteiger partial charge in [-0.1, -0.05) is 70.2 Å². The van der Waals surface area contributed by atoms with Gasteiger partial charge in [-0.3, -0.25) is 33.8 Å². The molecule has 0 spiro atoms. The van der Waals surface area contributed by atoms with Gasteiger partial charge in [-0.25, -0.2) is 26.9 Å². The van der Waals surface area contributed by atoms with Gasteiger partial charge >= 0.3 is 29.2 Å². The van der Waals surface area contributed by atoms with Crippen molar-refractivity contribution < 1.29 is 93.0 Å². The van der Waals surface area contributed by atoms with E-state index >= 15 is 0 Å². The number of rotatable bonds is 25. The topological polar surface area (TPSA) is 398 Å². The van der Waals surface area contributed by atoms with Crippen molar-refractivity contribution in [3.05, 3.63) is 143 Å². The normalized spacial score (nSPS) is 20.2. The monoisotopic (exact) mass is 1320 g/mol. The Labute approximate surface area is 513 Å². The number of nitro benzene ring substituents is 1. The minimum Gasteiger partial charge on any atom is -0.744 e. The third-order valence-electron chi connectivity index (χ3n) is 15.3. The van der Waals surface area contributed by atoms with Gasteiger partial charge in [-0.05, 0) is 81.9 Å². The first-order valence-corrected chi connectivity index (χ1v) is 33.9. The fourth-order valence-corrected chi connectivity index (χ4v) is 14.6. The average molecular weight is 1320 g/mol. The van der Waals surface area contributed by atoms with E-state index in [0.717, 1.165) is 40.1 Å². The number of benzene rings is 3. The molecule has 3 aromatic carbocycles. The molecule has 1 aromatic heterocycles. The van der Waals surface area contributed by atoms with Crippen molar-refractivity contribution in [3.63, 3.8) is 0 Å². The van der Waals surface area contributed by atoms with Crippen LogP contribution in [0.1, 0.15) is 133 Å². The van der Waals surface area contributed by atoms with Gasteiger partial charge in [0.1, 0.15) is 34.7 Å². The molecule has 4 heterocycles. The second kappa shape index (κ2) is 27.3. The van der Waals surface area contributed by atoms with Crippen molar-refractivity contribution in [1.82, 2.24) is 14.9 Å². The Balaban J connectivity index is 0.983. The van der Waals surface area contributed by atoms with Crippen molar-refractivity contribution in [2.45, 2.75) is 141 Å². The van der Waals surface area contributed by atoms with E-state index in [0.29, 0.717) is 31.4 Å². The molecule has 89 heavy (non-hydrogen) atoms. The standard InChI is InChI=1S/C57H73N6O22P3S/c1-11-60-42-23-21-35(2)27-40(42)56(6,7)48(60)18-15-19-49-57(8,9)41-29-38(89(77,78)79)22-24-43(41)61(49)26-14-12-13-20-50(65)58-25-16-17-36-28-44(63(68)69)39(30-46(36)80-10)52(55(3,4)5)81-33-37-32-62(54(67)59-53(37)66)51-31-45(64)47(83-51)34-82-87(73,74)85-88(75,76)84-86(70,71)72/h15,18-19,21-24,27-30,32,45,47,51-52,64H,11-14,20,25-26,31,33-34H2,1-10H3,(H6-,58,59,65,66,67,70,71,72,73,74,75,76,77,78,79)/t45-,47-,51-,52-/m1/s1. The van der Waals surface area contributed by atoms with Gasteiger partial charge < -0.3 is 53.7 Å². The van der Waals surface area contributed by atoms with E-state index in [1.807, 2.05) is 26.0 Å². The Morgan fingerprint density at radius 2 is 1.71 bits per heavy atom. The number of anilines is 1. The molecule has 1 fully saturated rings. The molecule has 1 amide bonds. The number of allylic oxidation sites excluding steroid dienone is 4. The average Bonchev–Trinajstić information content (AvgIpc) is 1.79. The molecule has 7 N–H and O–H groups in total. The largest absolute Gasteiger partial charge is 0.744 e. The molecule has 1 saturated heterocycles. The van der Waals surface area contributed by atoms with Crippen LogP contribution in [0.25, 0.3) is 0 Å². The summed E-state index contributed by atoms with van der Waals surface area (Å²) in [6, 6.07) is 13.5. The van der Waals surface area contributed by atoms with Crippen LogP contribution in [-0.2, 0) is 68.7 Å². The van der Waals surface area contributed by atoms with Gasteiger partial charge in [-0.15, -0.1) is 0 Å². The quantitative estimate of drug-likeness (QED) is 0.00649. The lowest BCUT2D eigenvalue weighted by molar-refractivity contribution is -0.438. The number of fused-ring (bicyclic) bond motifs is 2. The number of phosphoric ester groups is 1. The first-order chi connectivity index (χ1) is 41.3. The number of hydrogen-bond donors (Lipinski definition) is 7. The van der Waals surface area contributed by atoms with Gasteiger partial charge in [0.25, 0.3) is 11.2 Å². The van der Waals surface area contributed by atoms with E-state index < -0.39 is 104 Å². The molecule has 484 valence electrons. The van der Waals surface area contributed by atoms with Crippen molar-refractivity contribution in [2.75, 3.05) is 38.3 Å². The fourth-order valence-electron chi connectivity index (χ4n) is 11.1. The first-order valence-electron chi connectivity index (χ1n) is 28.0. The number of phosphoric acid groups is 3. The summed E-state index contributed by atoms with van der Waals surface area (Å²) in [5.41, 5.74) is 2.84. The molecule has 2 unspecified atom stereocenters. The third kappa shape index (κ3) is 16.8. The second-order valence-corrected chi connectivity index (χ2v) is 29.3. The highest BCUT2D eigenvalue weighted by Gasteiger charge is 2.46. The number of unbranched alkanes of at least 4 members (excludes halogenated alkanes) is 2. The van der Waals surface area contributed by atoms with E-state index in [9.17, 15) is 66.1 Å². The van der Waals surface area contributed by atoms with Gasteiger partial charge in [0.05, 0.1) is 71.0 Å². The van der Waals surface area contributed by atoms with E-state index in [1.54, 1.807) is 26.8 Å².